The van der Waals surface area contributed by atoms with Crippen LogP contribution in [-0.4, -0.2) is 29.2 Å². The van der Waals surface area contributed by atoms with E-state index in [0.29, 0.717) is 11.6 Å². The fraction of sp³-hybridized carbons (Fsp3) is 0.333. The van der Waals surface area contributed by atoms with Crippen LogP contribution in [0, 0.1) is 0 Å². The van der Waals surface area contributed by atoms with Crippen molar-refractivity contribution in [3.8, 4) is 0 Å². The van der Waals surface area contributed by atoms with E-state index in [4.69, 9.17) is 16.7 Å². The van der Waals surface area contributed by atoms with Gasteiger partial charge in [0, 0.05) is 28.7 Å². The van der Waals surface area contributed by atoms with Crippen LogP contribution in [0.2, 0.25) is 5.02 Å². The Balaban J connectivity index is 2.04. The molecule has 0 aliphatic rings. The second-order valence-electron chi connectivity index (χ2n) is 4.12. The summed E-state index contributed by atoms with van der Waals surface area (Å²) in [6, 6.07) is 5.38. The van der Waals surface area contributed by atoms with E-state index in [1.54, 1.807) is 18.3 Å². The fourth-order valence-corrected chi connectivity index (χ4v) is 1.91. The van der Waals surface area contributed by atoms with Crippen LogP contribution < -0.4 is 5.32 Å². The van der Waals surface area contributed by atoms with Gasteiger partial charge in [0.25, 0.3) is 5.92 Å². The predicted molar refractivity (Wildman–Crippen MR) is 67.0 cm³/mol. The standard InChI is InChI=1S/C12H13ClF2N2O/c13-9-1-2-10-8(5-17-11(10)3-9)4-16-6-12(14,15)7-18/h1-3,5,16-18H,4,6-7H2. The Hall–Kier alpha value is -1.17. The summed E-state index contributed by atoms with van der Waals surface area (Å²) in [4.78, 5) is 3.03. The molecule has 0 unspecified atom stereocenters. The summed E-state index contributed by atoms with van der Waals surface area (Å²) in [5, 5.41) is 12.6. The van der Waals surface area contributed by atoms with E-state index in [1.807, 2.05) is 6.07 Å². The summed E-state index contributed by atoms with van der Waals surface area (Å²) in [5.41, 5.74) is 1.75. The van der Waals surface area contributed by atoms with Crippen molar-refractivity contribution >= 4 is 22.5 Å². The molecule has 3 N–H and O–H groups in total. The van der Waals surface area contributed by atoms with Crippen LogP contribution in [0.1, 0.15) is 5.56 Å². The molecule has 6 heteroatoms. The van der Waals surface area contributed by atoms with Crippen molar-refractivity contribution in [3.05, 3.63) is 35.0 Å². The molecule has 0 atom stereocenters. The minimum Gasteiger partial charge on any atom is -0.390 e. The van der Waals surface area contributed by atoms with Gasteiger partial charge in [-0.25, -0.2) is 8.78 Å². The molecule has 0 radical (unpaired) electrons. The first-order valence-electron chi connectivity index (χ1n) is 5.47. The zero-order chi connectivity index (χ0) is 13.2. The van der Waals surface area contributed by atoms with Gasteiger partial charge in [-0.3, -0.25) is 0 Å². The molecule has 0 saturated carbocycles. The minimum atomic E-state index is -3.09. The van der Waals surface area contributed by atoms with Crippen LogP contribution in [0.3, 0.4) is 0 Å². The maximum Gasteiger partial charge on any atom is 0.282 e. The summed E-state index contributed by atoms with van der Waals surface area (Å²) in [6.45, 7) is -1.40. The molecule has 1 heterocycles. The van der Waals surface area contributed by atoms with E-state index < -0.39 is 19.1 Å². The highest BCUT2D eigenvalue weighted by molar-refractivity contribution is 6.31. The van der Waals surface area contributed by atoms with Crippen molar-refractivity contribution in [2.75, 3.05) is 13.2 Å². The Labute approximate surface area is 108 Å². The number of aliphatic hydroxyl groups is 1. The number of H-pyrrole nitrogens is 1. The van der Waals surface area contributed by atoms with Gasteiger partial charge in [0.15, 0.2) is 0 Å². The second-order valence-corrected chi connectivity index (χ2v) is 4.56. The Morgan fingerprint density at radius 3 is 2.89 bits per heavy atom. The van der Waals surface area contributed by atoms with E-state index in [1.165, 1.54) is 0 Å². The maximum absolute atomic E-state index is 12.8. The molecule has 98 valence electrons. The van der Waals surface area contributed by atoms with E-state index in [0.717, 1.165) is 16.5 Å². The van der Waals surface area contributed by atoms with Crippen molar-refractivity contribution in [1.29, 1.82) is 0 Å². The smallest absolute Gasteiger partial charge is 0.282 e. The Bertz CT molecular complexity index is 542. The van der Waals surface area contributed by atoms with Crippen LogP contribution in [0.15, 0.2) is 24.4 Å². The SMILES string of the molecule is OCC(F)(F)CNCc1c[nH]c2cc(Cl)ccc12. The number of hydrogen-bond acceptors (Lipinski definition) is 2. The lowest BCUT2D eigenvalue weighted by Gasteiger charge is -2.13. The first-order valence-corrected chi connectivity index (χ1v) is 5.84. The zero-order valence-electron chi connectivity index (χ0n) is 9.51. The lowest BCUT2D eigenvalue weighted by Crippen LogP contribution is -2.35. The average molecular weight is 275 g/mol. The van der Waals surface area contributed by atoms with Crippen molar-refractivity contribution in [2.24, 2.45) is 0 Å². The molecule has 18 heavy (non-hydrogen) atoms. The lowest BCUT2D eigenvalue weighted by atomic mass is 10.2. The van der Waals surface area contributed by atoms with E-state index >= 15 is 0 Å². The number of halogens is 3. The molecule has 1 aromatic heterocycles. The van der Waals surface area contributed by atoms with Crippen molar-refractivity contribution in [3.63, 3.8) is 0 Å². The second kappa shape index (κ2) is 5.22. The first-order chi connectivity index (χ1) is 8.52. The molecule has 0 aliphatic carbocycles. The molecular formula is C12H13ClF2N2O. The van der Waals surface area contributed by atoms with Crippen LogP contribution in [0.4, 0.5) is 8.78 Å². The van der Waals surface area contributed by atoms with Crippen LogP contribution >= 0.6 is 11.6 Å². The number of nitrogens with one attached hydrogen (secondary N) is 2. The van der Waals surface area contributed by atoms with Gasteiger partial charge in [-0.15, -0.1) is 0 Å². The van der Waals surface area contributed by atoms with Gasteiger partial charge < -0.3 is 15.4 Å². The van der Waals surface area contributed by atoms with Gasteiger partial charge in [-0.1, -0.05) is 17.7 Å². The third-order valence-corrected chi connectivity index (χ3v) is 2.89. The first kappa shape index (κ1) is 13.3. The lowest BCUT2D eigenvalue weighted by molar-refractivity contribution is -0.0477. The number of aromatic amines is 1. The Morgan fingerprint density at radius 1 is 1.39 bits per heavy atom. The molecule has 0 spiro atoms. The number of aromatic nitrogens is 1. The number of benzene rings is 1. The third kappa shape index (κ3) is 2.98. The number of rotatable bonds is 5. The van der Waals surface area contributed by atoms with E-state index in [-0.39, 0.29) is 0 Å². The molecule has 3 nitrogen and oxygen atoms in total. The van der Waals surface area contributed by atoms with Crippen molar-refractivity contribution in [1.82, 2.24) is 10.3 Å². The number of alkyl halides is 2. The van der Waals surface area contributed by atoms with Crippen molar-refractivity contribution in [2.45, 2.75) is 12.5 Å². The summed E-state index contributed by atoms with van der Waals surface area (Å²) >= 11 is 5.85. The highest BCUT2D eigenvalue weighted by Crippen LogP contribution is 2.22. The molecule has 0 amide bonds. The fourth-order valence-electron chi connectivity index (χ4n) is 1.74. The normalized spacial score (nSPS) is 12.2. The predicted octanol–water partition coefficient (Wildman–Crippen LogP) is 2.54. The topological polar surface area (TPSA) is 48.0 Å². The van der Waals surface area contributed by atoms with Gasteiger partial charge >= 0.3 is 0 Å². The molecular weight excluding hydrogens is 262 g/mol. The molecule has 0 fully saturated rings. The average Bonchev–Trinajstić information content (AvgIpc) is 2.71. The summed E-state index contributed by atoms with van der Waals surface area (Å²) in [5.74, 6) is -3.09. The van der Waals surface area contributed by atoms with E-state index in [2.05, 4.69) is 10.3 Å². The van der Waals surface area contributed by atoms with Gasteiger partial charge in [-0.2, -0.15) is 0 Å². The molecule has 1 aromatic carbocycles. The Morgan fingerprint density at radius 2 is 2.17 bits per heavy atom. The number of aliphatic hydroxyl groups excluding tert-OH is 1. The number of hydrogen-bond donors (Lipinski definition) is 3. The molecule has 0 aliphatic heterocycles. The van der Waals surface area contributed by atoms with Crippen LogP contribution in [-0.2, 0) is 6.54 Å². The van der Waals surface area contributed by atoms with Crippen molar-refractivity contribution < 1.29 is 13.9 Å². The van der Waals surface area contributed by atoms with Gasteiger partial charge in [-0.05, 0) is 17.7 Å². The summed E-state index contributed by atoms with van der Waals surface area (Å²) < 4.78 is 25.6. The van der Waals surface area contributed by atoms with Gasteiger partial charge in [0.1, 0.15) is 6.61 Å². The van der Waals surface area contributed by atoms with E-state index in [9.17, 15) is 8.78 Å². The summed E-state index contributed by atoms with van der Waals surface area (Å²) in [7, 11) is 0. The maximum atomic E-state index is 12.8. The zero-order valence-corrected chi connectivity index (χ0v) is 10.3. The van der Waals surface area contributed by atoms with Crippen LogP contribution in [0.25, 0.3) is 10.9 Å². The molecule has 0 saturated heterocycles. The summed E-state index contributed by atoms with van der Waals surface area (Å²) in [6.07, 6.45) is 1.76. The monoisotopic (exact) mass is 274 g/mol. The minimum absolute atomic E-state index is 0.303. The van der Waals surface area contributed by atoms with Gasteiger partial charge in [0.2, 0.25) is 0 Å². The highest BCUT2D eigenvalue weighted by Gasteiger charge is 2.26. The third-order valence-electron chi connectivity index (χ3n) is 2.66. The number of fused-ring (bicyclic) bond motifs is 1. The molecule has 2 rings (SSSR count). The quantitative estimate of drug-likeness (QED) is 0.785. The Kier molecular flexibility index (Phi) is 3.85. The van der Waals surface area contributed by atoms with Crippen LogP contribution in [0.5, 0.6) is 0 Å². The molecule has 2 aromatic rings. The largest absolute Gasteiger partial charge is 0.390 e. The molecule has 0 bridgehead atoms. The highest BCUT2D eigenvalue weighted by atomic mass is 35.5. The van der Waals surface area contributed by atoms with Gasteiger partial charge in [0.05, 0.1) is 6.54 Å².